The van der Waals surface area contributed by atoms with Gasteiger partial charge >= 0.3 is 0 Å². The van der Waals surface area contributed by atoms with Crippen LogP contribution in [0.15, 0.2) is 103 Å². The molecule has 4 nitrogen and oxygen atoms in total. The number of hydrogen-bond donors (Lipinski definition) is 1. The van der Waals surface area contributed by atoms with E-state index in [0.717, 1.165) is 27.8 Å². The Bertz CT molecular complexity index is 1470. The second-order valence-electron chi connectivity index (χ2n) is 10.0. The Hall–Kier alpha value is -4.15. The molecule has 1 saturated carbocycles. The van der Waals surface area contributed by atoms with E-state index in [1.165, 1.54) is 0 Å². The lowest BCUT2D eigenvalue weighted by Gasteiger charge is -2.44. The number of carbonyl (C=O) groups is 3. The minimum Gasteiger partial charge on any atom is -0.392 e. The fourth-order valence-corrected chi connectivity index (χ4v) is 6.32. The molecule has 4 heteroatoms. The van der Waals surface area contributed by atoms with Crippen LogP contribution in [0.1, 0.15) is 62.1 Å². The number of ketones is 3. The van der Waals surface area contributed by atoms with Crippen LogP contribution in [0.25, 0.3) is 11.1 Å². The predicted octanol–water partition coefficient (Wildman–Crippen LogP) is 6.14. The van der Waals surface area contributed by atoms with Crippen molar-refractivity contribution in [2.24, 2.45) is 5.41 Å². The first-order chi connectivity index (χ1) is 18.0. The third-order valence-corrected chi connectivity index (χ3v) is 8.12. The van der Waals surface area contributed by atoms with Crippen molar-refractivity contribution in [3.8, 4) is 11.1 Å². The first-order valence-corrected chi connectivity index (χ1v) is 12.6. The van der Waals surface area contributed by atoms with Crippen molar-refractivity contribution in [3.63, 3.8) is 0 Å². The van der Waals surface area contributed by atoms with Crippen LogP contribution in [0.5, 0.6) is 0 Å². The van der Waals surface area contributed by atoms with Gasteiger partial charge in [-0.1, -0.05) is 103 Å². The maximum absolute atomic E-state index is 14.3. The number of aliphatic hydroxyl groups is 1. The molecule has 0 unspecified atom stereocenters. The van der Waals surface area contributed by atoms with Gasteiger partial charge in [0.25, 0.3) is 0 Å². The lowest BCUT2D eigenvalue weighted by atomic mass is 9.54. The van der Waals surface area contributed by atoms with E-state index in [4.69, 9.17) is 0 Å². The zero-order valence-electron chi connectivity index (χ0n) is 20.3. The summed E-state index contributed by atoms with van der Waals surface area (Å²) in [7, 11) is 0. The molecule has 0 aromatic heterocycles. The molecule has 0 aliphatic heterocycles. The SMILES string of the molecule is O=C1C[C@H](c2ccc(-c3ccc(CO)cc3)cc2)C2(C(=O)c3ccccc3C2=O)[C@H](c2ccccc2)C1. The molecule has 2 atom stereocenters. The molecule has 1 fully saturated rings. The van der Waals surface area contributed by atoms with Gasteiger partial charge in [-0.05, 0) is 27.8 Å². The Morgan fingerprint density at radius 2 is 1.05 bits per heavy atom. The van der Waals surface area contributed by atoms with Crippen molar-refractivity contribution in [2.45, 2.75) is 31.3 Å². The van der Waals surface area contributed by atoms with Crippen LogP contribution in [0.2, 0.25) is 0 Å². The number of benzene rings is 4. The van der Waals surface area contributed by atoms with Crippen molar-refractivity contribution in [2.75, 3.05) is 0 Å². The van der Waals surface area contributed by atoms with Crippen molar-refractivity contribution >= 4 is 17.3 Å². The molecular formula is C33H26O4. The number of aliphatic hydroxyl groups excluding tert-OH is 1. The highest BCUT2D eigenvalue weighted by atomic mass is 16.3. The van der Waals surface area contributed by atoms with Crippen LogP contribution in [0.3, 0.4) is 0 Å². The summed E-state index contributed by atoms with van der Waals surface area (Å²) in [6.07, 6.45) is 0.320. The minimum atomic E-state index is -1.36. The van der Waals surface area contributed by atoms with Crippen LogP contribution in [-0.4, -0.2) is 22.5 Å². The highest BCUT2D eigenvalue weighted by Crippen LogP contribution is 2.60. The summed E-state index contributed by atoms with van der Waals surface area (Å²) in [6, 6.07) is 32.1. The largest absolute Gasteiger partial charge is 0.392 e. The highest BCUT2D eigenvalue weighted by molar-refractivity contribution is 6.31. The van der Waals surface area contributed by atoms with E-state index < -0.39 is 17.3 Å². The first kappa shape index (κ1) is 23.3. The molecule has 4 aromatic carbocycles. The van der Waals surface area contributed by atoms with Gasteiger partial charge in [0, 0.05) is 35.8 Å². The number of rotatable bonds is 4. The summed E-state index contributed by atoms with van der Waals surface area (Å²) in [5.41, 5.74) is 4.03. The lowest BCUT2D eigenvalue weighted by Crippen LogP contribution is -2.49. The number of hydrogen-bond acceptors (Lipinski definition) is 4. The molecule has 182 valence electrons. The molecule has 2 aliphatic rings. The summed E-state index contributed by atoms with van der Waals surface area (Å²) in [5, 5.41) is 9.33. The number of fused-ring (bicyclic) bond motifs is 1. The highest BCUT2D eigenvalue weighted by Gasteiger charge is 2.64. The van der Waals surface area contributed by atoms with Crippen LogP contribution < -0.4 is 0 Å². The van der Waals surface area contributed by atoms with Gasteiger partial charge < -0.3 is 5.11 Å². The second kappa shape index (κ2) is 9.06. The van der Waals surface area contributed by atoms with Crippen molar-refractivity contribution in [3.05, 3.63) is 131 Å². The van der Waals surface area contributed by atoms with E-state index in [1.807, 2.05) is 78.9 Å². The van der Waals surface area contributed by atoms with E-state index in [0.29, 0.717) is 11.1 Å². The molecule has 0 radical (unpaired) electrons. The molecule has 2 aliphatic carbocycles. The summed E-state index contributed by atoms with van der Waals surface area (Å²) in [6.45, 7) is -0.00988. The molecule has 0 heterocycles. The van der Waals surface area contributed by atoms with Gasteiger partial charge in [-0.15, -0.1) is 0 Å². The first-order valence-electron chi connectivity index (χ1n) is 12.6. The molecular weight excluding hydrogens is 460 g/mol. The lowest BCUT2D eigenvalue weighted by molar-refractivity contribution is -0.122. The van der Waals surface area contributed by atoms with E-state index >= 15 is 0 Å². The molecule has 0 amide bonds. The van der Waals surface area contributed by atoms with E-state index in [9.17, 15) is 19.5 Å². The maximum Gasteiger partial charge on any atom is 0.178 e. The average molecular weight is 487 g/mol. The quantitative estimate of drug-likeness (QED) is 0.352. The maximum atomic E-state index is 14.3. The van der Waals surface area contributed by atoms with Gasteiger partial charge in [0.2, 0.25) is 0 Å². The van der Waals surface area contributed by atoms with Gasteiger partial charge in [-0.2, -0.15) is 0 Å². The molecule has 0 saturated heterocycles. The summed E-state index contributed by atoms with van der Waals surface area (Å²) in [4.78, 5) is 41.7. The fraction of sp³-hybridized carbons (Fsp3) is 0.182. The van der Waals surface area contributed by atoms with Gasteiger partial charge in [0.05, 0.1) is 6.61 Å². The Kier molecular flexibility index (Phi) is 5.69. The third-order valence-electron chi connectivity index (χ3n) is 8.12. The molecule has 1 spiro atoms. The normalized spacial score (nSPS) is 20.3. The van der Waals surface area contributed by atoms with Crippen molar-refractivity contribution in [1.29, 1.82) is 0 Å². The predicted molar refractivity (Wildman–Crippen MR) is 142 cm³/mol. The van der Waals surface area contributed by atoms with Crippen molar-refractivity contribution in [1.82, 2.24) is 0 Å². The monoisotopic (exact) mass is 486 g/mol. The molecule has 37 heavy (non-hydrogen) atoms. The molecule has 4 aromatic rings. The van der Waals surface area contributed by atoms with E-state index in [1.54, 1.807) is 24.3 Å². The summed E-state index contributed by atoms with van der Waals surface area (Å²) < 4.78 is 0. The van der Waals surface area contributed by atoms with Crippen molar-refractivity contribution < 1.29 is 19.5 Å². The topological polar surface area (TPSA) is 71.4 Å². The van der Waals surface area contributed by atoms with Crippen LogP contribution in [-0.2, 0) is 11.4 Å². The Morgan fingerprint density at radius 3 is 1.57 bits per heavy atom. The van der Waals surface area contributed by atoms with Crippen LogP contribution >= 0.6 is 0 Å². The second-order valence-corrected chi connectivity index (χ2v) is 10.0. The molecule has 1 N–H and O–H groups in total. The van der Waals surface area contributed by atoms with Crippen LogP contribution in [0.4, 0.5) is 0 Å². The zero-order chi connectivity index (χ0) is 25.6. The van der Waals surface area contributed by atoms with Gasteiger partial charge in [0.1, 0.15) is 11.2 Å². The third kappa shape index (κ3) is 3.59. The van der Waals surface area contributed by atoms with Gasteiger partial charge in [-0.3, -0.25) is 14.4 Å². The Labute approximate surface area is 215 Å². The standard InChI is InChI=1S/C33H26O4/c34-20-21-10-12-22(13-11-21)23-14-16-25(17-15-23)30-19-26(35)18-29(24-6-2-1-3-7-24)33(30)31(36)27-8-4-5-9-28(27)32(33)37/h1-17,29-30,34H,18-20H2/t29-,30+/m0/s1. The van der Waals surface area contributed by atoms with E-state index in [2.05, 4.69) is 0 Å². The smallest absolute Gasteiger partial charge is 0.178 e. The van der Waals surface area contributed by atoms with Gasteiger partial charge in [0.15, 0.2) is 11.6 Å². The average Bonchev–Trinajstić information content (AvgIpc) is 3.17. The summed E-state index contributed by atoms with van der Waals surface area (Å²) in [5.74, 6) is -1.38. The zero-order valence-corrected chi connectivity index (χ0v) is 20.3. The Morgan fingerprint density at radius 1 is 0.595 bits per heavy atom. The Balaban J connectivity index is 1.49. The summed E-state index contributed by atoms with van der Waals surface area (Å²) >= 11 is 0. The van der Waals surface area contributed by atoms with E-state index in [-0.39, 0.29) is 36.8 Å². The van der Waals surface area contributed by atoms with Gasteiger partial charge in [-0.25, -0.2) is 0 Å². The minimum absolute atomic E-state index is 0.00988. The van der Waals surface area contributed by atoms with Crippen LogP contribution in [0, 0.1) is 5.41 Å². The number of carbonyl (C=O) groups excluding carboxylic acids is 3. The fourth-order valence-electron chi connectivity index (χ4n) is 6.32. The molecule has 0 bridgehead atoms. The number of Topliss-reactive ketones (excluding diaryl/α,β-unsaturated/α-hetero) is 3. The molecule has 6 rings (SSSR count).